The zero-order chi connectivity index (χ0) is 16.3. The van der Waals surface area contributed by atoms with Crippen LogP contribution in [0.1, 0.15) is 19.3 Å². The maximum Gasteiger partial charge on any atom is 0.309 e. The van der Waals surface area contributed by atoms with Crippen LogP contribution in [0.2, 0.25) is 0 Å². The minimum atomic E-state index is -0.892. The van der Waals surface area contributed by atoms with Crippen LogP contribution in [0.4, 0.5) is 0 Å². The molecule has 6 unspecified atom stereocenters. The van der Waals surface area contributed by atoms with E-state index in [-0.39, 0.29) is 17.9 Å². The van der Waals surface area contributed by atoms with Gasteiger partial charge < -0.3 is 14.9 Å². The Kier molecular flexibility index (Phi) is 5.19. The first kappa shape index (κ1) is 16.5. The van der Waals surface area contributed by atoms with Crippen LogP contribution in [0.5, 0.6) is 0 Å². The van der Waals surface area contributed by atoms with E-state index >= 15 is 0 Å². The summed E-state index contributed by atoms with van der Waals surface area (Å²) >= 11 is 0. The maximum absolute atomic E-state index is 11.3. The fourth-order valence-corrected chi connectivity index (χ4v) is 3.39. The molecule has 0 amide bonds. The van der Waals surface area contributed by atoms with Gasteiger partial charge in [-0.25, -0.2) is 0 Å². The lowest BCUT2D eigenvalue weighted by Gasteiger charge is -2.12. The van der Waals surface area contributed by atoms with Crippen LogP contribution in [-0.4, -0.2) is 34.4 Å². The van der Waals surface area contributed by atoms with Gasteiger partial charge >= 0.3 is 11.9 Å². The zero-order valence-electron chi connectivity index (χ0n) is 12.4. The van der Waals surface area contributed by atoms with Gasteiger partial charge in [-0.1, -0.05) is 24.3 Å². The smallest absolute Gasteiger partial charge is 0.309 e. The quantitative estimate of drug-likeness (QED) is 0.737. The molecule has 0 aromatic carbocycles. The Morgan fingerprint density at radius 2 is 1.64 bits per heavy atom. The van der Waals surface area contributed by atoms with Crippen LogP contribution in [0, 0.1) is 23.7 Å². The summed E-state index contributed by atoms with van der Waals surface area (Å²) in [4.78, 5) is 22.5. The van der Waals surface area contributed by atoms with Crippen molar-refractivity contribution >= 4 is 11.9 Å². The fraction of sp³-hybridized carbons (Fsp3) is 0.529. The van der Waals surface area contributed by atoms with Gasteiger partial charge in [0.1, 0.15) is 0 Å². The average molecular weight is 306 g/mol. The molecule has 120 valence electrons. The molecule has 5 nitrogen and oxygen atoms in total. The Morgan fingerprint density at radius 1 is 0.955 bits per heavy atom. The highest BCUT2D eigenvalue weighted by atomic mass is 16.5. The molecule has 2 aliphatic rings. The molecule has 2 rings (SSSR count). The van der Waals surface area contributed by atoms with Gasteiger partial charge in [-0.05, 0) is 31.1 Å². The third-order valence-corrected chi connectivity index (χ3v) is 4.64. The monoisotopic (exact) mass is 306 g/mol. The van der Waals surface area contributed by atoms with Crippen molar-refractivity contribution in [3.63, 3.8) is 0 Å². The molecule has 0 aromatic rings. The highest BCUT2D eigenvalue weighted by molar-refractivity contribution is 5.72. The Labute approximate surface area is 130 Å². The van der Waals surface area contributed by atoms with E-state index in [4.69, 9.17) is 9.84 Å². The molecule has 1 aliphatic carbocycles. The predicted octanol–water partition coefficient (Wildman–Crippen LogP) is 2.50. The topological polar surface area (TPSA) is 83.8 Å². The fourth-order valence-electron chi connectivity index (χ4n) is 3.39. The van der Waals surface area contributed by atoms with Crippen molar-refractivity contribution in [2.24, 2.45) is 23.7 Å². The Morgan fingerprint density at radius 3 is 2.14 bits per heavy atom. The van der Waals surface area contributed by atoms with Crippen molar-refractivity contribution in [1.29, 1.82) is 0 Å². The number of carboxylic acid groups (broad SMARTS) is 2. The number of carbonyl (C=O) groups is 2. The molecule has 2 N–H and O–H groups in total. The molecule has 1 saturated carbocycles. The van der Waals surface area contributed by atoms with Crippen LogP contribution in [0.25, 0.3) is 0 Å². The molecule has 0 radical (unpaired) electrons. The zero-order valence-corrected chi connectivity index (χ0v) is 12.4. The average Bonchev–Trinajstić information content (AvgIpc) is 3.08. The third kappa shape index (κ3) is 3.47. The standard InChI is InChI=1S/C17H22O5/c1-3-10-7-11(13(8-10)16(18)19)5-6-12-9-14(17(20)21)15(4-2)22-12/h3-6,10-15H,1-2,7-9H2,(H,18,19)(H,20,21). The lowest BCUT2D eigenvalue weighted by atomic mass is 9.94. The lowest BCUT2D eigenvalue weighted by molar-refractivity contribution is -0.143. The van der Waals surface area contributed by atoms with Gasteiger partial charge in [0, 0.05) is 0 Å². The molecule has 1 heterocycles. The summed E-state index contributed by atoms with van der Waals surface area (Å²) in [7, 11) is 0. The van der Waals surface area contributed by atoms with E-state index in [9.17, 15) is 14.7 Å². The molecule has 1 aliphatic heterocycles. The number of ether oxygens (including phenoxy) is 1. The molecule has 6 atom stereocenters. The molecular formula is C17H22O5. The van der Waals surface area contributed by atoms with Gasteiger partial charge in [-0.2, -0.15) is 0 Å². The van der Waals surface area contributed by atoms with E-state index in [1.807, 2.05) is 18.2 Å². The summed E-state index contributed by atoms with van der Waals surface area (Å²) in [6.07, 6.45) is 7.96. The van der Waals surface area contributed by atoms with Crippen molar-refractivity contribution in [2.45, 2.75) is 31.5 Å². The van der Waals surface area contributed by atoms with Gasteiger partial charge in [0.25, 0.3) is 0 Å². The van der Waals surface area contributed by atoms with Crippen LogP contribution in [0.15, 0.2) is 37.5 Å². The number of aliphatic carboxylic acids is 2. The van der Waals surface area contributed by atoms with E-state index in [0.717, 1.165) is 6.42 Å². The van der Waals surface area contributed by atoms with Gasteiger partial charge in [0.15, 0.2) is 0 Å². The lowest BCUT2D eigenvalue weighted by Crippen LogP contribution is -2.21. The van der Waals surface area contributed by atoms with Crippen molar-refractivity contribution in [2.75, 3.05) is 0 Å². The van der Waals surface area contributed by atoms with Crippen LogP contribution >= 0.6 is 0 Å². The minimum Gasteiger partial charge on any atom is -0.481 e. The number of hydrogen-bond acceptors (Lipinski definition) is 3. The first-order valence-electron chi connectivity index (χ1n) is 7.50. The molecule has 1 saturated heterocycles. The number of allylic oxidation sites excluding steroid dienone is 2. The first-order valence-corrected chi connectivity index (χ1v) is 7.50. The van der Waals surface area contributed by atoms with E-state index < -0.39 is 29.9 Å². The second kappa shape index (κ2) is 6.92. The van der Waals surface area contributed by atoms with Crippen molar-refractivity contribution < 1.29 is 24.5 Å². The second-order valence-corrected chi connectivity index (χ2v) is 6.02. The molecule has 22 heavy (non-hydrogen) atoms. The summed E-state index contributed by atoms with van der Waals surface area (Å²) < 4.78 is 5.64. The molecule has 0 spiro atoms. The van der Waals surface area contributed by atoms with Crippen LogP contribution in [-0.2, 0) is 14.3 Å². The highest BCUT2D eigenvalue weighted by Crippen LogP contribution is 2.38. The van der Waals surface area contributed by atoms with E-state index in [1.54, 1.807) is 0 Å². The van der Waals surface area contributed by atoms with Crippen molar-refractivity contribution in [1.82, 2.24) is 0 Å². The Balaban J connectivity index is 2.02. The highest BCUT2D eigenvalue weighted by Gasteiger charge is 2.39. The first-order chi connectivity index (χ1) is 10.5. The van der Waals surface area contributed by atoms with Gasteiger partial charge in [0.2, 0.25) is 0 Å². The summed E-state index contributed by atoms with van der Waals surface area (Å²) in [6, 6.07) is 0. The number of carboxylic acids is 2. The van der Waals surface area contributed by atoms with Crippen molar-refractivity contribution in [3.05, 3.63) is 37.5 Å². The van der Waals surface area contributed by atoms with E-state index in [1.165, 1.54) is 6.08 Å². The molecule has 0 aromatic heterocycles. The summed E-state index contributed by atoms with van der Waals surface area (Å²) in [5.41, 5.74) is 0. The van der Waals surface area contributed by atoms with Gasteiger partial charge in [-0.3, -0.25) is 9.59 Å². The van der Waals surface area contributed by atoms with E-state index in [2.05, 4.69) is 13.2 Å². The van der Waals surface area contributed by atoms with Gasteiger partial charge in [0.05, 0.1) is 24.0 Å². The van der Waals surface area contributed by atoms with Gasteiger partial charge in [-0.15, -0.1) is 13.2 Å². The third-order valence-electron chi connectivity index (χ3n) is 4.64. The normalized spacial score (nSPS) is 38.2. The SMILES string of the molecule is C=CC1CC(C=CC2CC(C(=O)O)C(C=C)O2)C(C(=O)O)C1. The Bertz CT molecular complexity index is 495. The molecule has 5 heteroatoms. The second-order valence-electron chi connectivity index (χ2n) is 6.02. The van der Waals surface area contributed by atoms with Crippen LogP contribution in [0.3, 0.4) is 0 Å². The number of hydrogen-bond donors (Lipinski definition) is 2. The minimum absolute atomic E-state index is 0.0600. The maximum atomic E-state index is 11.3. The largest absolute Gasteiger partial charge is 0.481 e. The Hall–Kier alpha value is -1.88. The molecule has 0 bridgehead atoms. The molecular weight excluding hydrogens is 284 g/mol. The van der Waals surface area contributed by atoms with Crippen molar-refractivity contribution in [3.8, 4) is 0 Å². The summed E-state index contributed by atoms with van der Waals surface area (Å²) in [6.45, 7) is 7.34. The van der Waals surface area contributed by atoms with Crippen LogP contribution < -0.4 is 0 Å². The number of rotatable bonds is 6. The predicted molar refractivity (Wildman–Crippen MR) is 81.3 cm³/mol. The summed E-state index contributed by atoms with van der Waals surface area (Å²) in [5.74, 6) is -2.53. The van der Waals surface area contributed by atoms with E-state index in [0.29, 0.717) is 12.8 Å². The molecule has 2 fully saturated rings. The summed E-state index contributed by atoms with van der Waals surface area (Å²) in [5, 5.41) is 18.4.